The van der Waals surface area contributed by atoms with Crippen molar-refractivity contribution < 1.29 is 4.79 Å². The topological polar surface area (TPSA) is 51.0 Å². The second-order valence-electron chi connectivity index (χ2n) is 7.83. The SMILES string of the molecule is C=CCn1c(SCC(=O)N(C2CCCC2)C2CC2)nnc1-c1cccc(C)c1. The first kappa shape index (κ1) is 19.2. The highest BCUT2D eigenvalue weighted by Gasteiger charge is 2.38. The molecule has 5 nitrogen and oxygen atoms in total. The lowest BCUT2D eigenvalue weighted by Gasteiger charge is -2.29. The lowest BCUT2D eigenvalue weighted by Crippen LogP contribution is -2.41. The molecule has 2 aromatic rings. The Hall–Kier alpha value is -2.08. The summed E-state index contributed by atoms with van der Waals surface area (Å²) in [6, 6.07) is 9.19. The maximum Gasteiger partial charge on any atom is 0.233 e. The first-order valence-corrected chi connectivity index (χ1v) is 11.2. The number of allylic oxidation sites excluding steroid dienone is 1. The number of aryl methyl sites for hydroxylation is 1. The van der Waals surface area contributed by atoms with Gasteiger partial charge in [-0.05, 0) is 38.7 Å². The van der Waals surface area contributed by atoms with Crippen LogP contribution < -0.4 is 0 Å². The van der Waals surface area contributed by atoms with Crippen LogP contribution in [0, 0.1) is 6.92 Å². The zero-order valence-electron chi connectivity index (χ0n) is 16.5. The lowest BCUT2D eigenvalue weighted by molar-refractivity contribution is -0.131. The predicted molar refractivity (Wildman–Crippen MR) is 113 cm³/mol. The van der Waals surface area contributed by atoms with Gasteiger partial charge in [0.05, 0.1) is 5.75 Å². The third-order valence-corrected chi connectivity index (χ3v) is 6.53. The normalized spacial score (nSPS) is 17.0. The highest BCUT2D eigenvalue weighted by Crippen LogP contribution is 2.35. The number of nitrogens with zero attached hydrogens (tertiary/aromatic N) is 4. The van der Waals surface area contributed by atoms with Crippen LogP contribution in [-0.4, -0.2) is 43.4 Å². The van der Waals surface area contributed by atoms with Gasteiger partial charge >= 0.3 is 0 Å². The van der Waals surface area contributed by atoms with Gasteiger partial charge in [-0.1, -0.05) is 54.4 Å². The maximum absolute atomic E-state index is 13.0. The van der Waals surface area contributed by atoms with Crippen molar-refractivity contribution in [2.24, 2.45) is 0 Å². The molecule has 0 saturated heterocycles. The molecule has 2 saturated carbocycles. The Morgan fingerprint density at radius 3 is 2.68 bits per heavy atom. The predicted octanol–water partition coefficient (Wildman–Crippen LogP) is 4.47. The highest BCUT2D eigenvalue weighted by atomic mass is 32.2. The fourth-order valence-electron chi connectivity index (χ4n) is 4.13. The third-order valence-electron chi connectivity index (χ3n) is 5.58. The quantitative estimate of drug-likeness (QED) is 0.488. The van der Waals surface area contributed by atoms with E-state index in [4.69, 9.17) is 0 Å². The number of aromatic nitrogens is 3. The Balaban J connectivity index is 1.49. The van der Waals surface area contributed by atoms with E-state index in [0.717, 1.165) is 42.2 Å². The van der Waals surface area contributed by atoms with E-state index < -0.39 is 0 Å². The molecule has 2 aliphatic carbocycles. The van der Waals surface area contributed by atoms with Gasteiger partial charge in [-0.25, -0.2) is 0 Å². The molecule has 148 valence electrons. The van der Waals surface area contributed by atoms with Gasteiger partial charge in [0.1, 0.15) is 0 Å². The first-order valence-electron chi connectivity index (χ1n) is 10.2. The maximum atomic E-state index is 13.0. The number of amides is 1. The largest absolute Gasteiger partial charge is 0.336 e. The standard InChI is InChI=1S/C22H28N4OS/c1-3-13-25-21(17-8-6-7-16(2)14-17)23-24-22(25)28-15-20(27)26(19-11-12-19)18-9-4-5-10-18/h3,6-8,14,18-19H,1,4-5,9-13,15H2,2H3. The number of benzene rings is 1. The summed E-state index contributed by atoms with van der Waals surface area (Å²) in [6.45, 7) is 6.57. The minimum absolute atomic E-state index is 0.254. The van der Waals surface area contributed by atoms with Gasteiger partial charge in [-0.3, -0.25) is 9.36 Å². The zero-order chi connectivity index (χ0) is 19.5. The molecule has 0 N–H and O–H groups in total. The molecule has 0 unspecified atom stereocenters. The minimum atomic E-state index is 0.254. The van der Waals surface area contributed by atoms with Crippen LogP contribution in [0.1, 0.15) is 44.1 Å². The molecule has 0 aliphatic heterocycles. The second kappa shape index (κ2) is 8.52. The van der Waals surface area contributed by atoms with Gasteiger partial charge < -0.3 is 4.90 Å². The van der Waals surface area contributed by atoms with E-state index in [2.05, 4.69) is 45.3 Å². The molecule has 0 atom stereocenters. The van der Waals surface area contributed by atoms with E-state index >= 15 is 0 Å². The molecule has 1 aromatic carbocycles. The molecule has 1 amide bonds. The molecule has 2 fully saturated rings. The second-order valence-corrected chi connectivity index (χ2v) is 8.78. The summed E-state index contributed by atoms with van der Waals surface area (Å²) in [5.41, 5.74) is 2.23. The van der Waals surface area contributed by atoms with Gasteiger partial charge in [0, 0.05) is 24.2 Å². The van der Waals surface area contributed by atoms with Crippen LogP contribution in [-0.2, 0) is 11.3 Å². The van der Waals surface area contributed by atoms with E-state index in [1.165, 1.54) is 30.2 Å². The summed E-state index contributed by atoms with van der Waals surface area (Å²) in [7, 11) is 0. The number of carbonyl (C=O) groups is 1. The molecule has 4 rings (SSSR count). The first-order chi connectivity index (χ1) is 13.7. The Labute approximate surface area is 171 Å². The summed E-state index contributed by atoms with van der Waals surface area (Å²) in [4.78, 5) is 15.2. The Morgan fingerprint density at radius 2 is 2.00 bits per heavy atom. The third kappa shape index (κ3) is 4.17. The molecule has 6 heteroatoms. The van der Waals surface area contributed by atoms with Crippen LogP contribution >= 0.6 is 11.8 Å². The van der Waals surface area contributed by atoms with Gasteiger partial charge in [0.2, 0.25) is 5.91 Å². The van der Waals surface area contributed by atoms with Crippen molar-refractivity contribution in [3.63, 3.8) is 0 Å². The molecular weight excluding hydrogens is 368 g/mol. The van der Waals surface area contributed by atoms with Crippen molar-refractivity contribution in [3.05, 3.63) is 42.5 Å². The van der Waals surface area contributed by atoms with Crippen molar-refractivity contribution in [2.75, 3.05) is 5.75 Å². The average molecular weight is 397 g/mol. The lowest BCUT2D eigenvalue weighted by atomic mass is 10.1. The summed E-state index contributed by atoms with van der Waals surface area (Å²) >= 11 is 1.50. The molecule has 0 bridgehead atoms. The summed E-state index contributed by atoms with van der Waals surface area (Å²) < 4.78 is 2.05. The van der Waals surface area contributed by atoms with Crippen molar-refractivity contribution in [1.29, 1.82) is 0 Å². The number of hydrogen-bond donors (Lipinski definition) is 0. The van der Waals surface area contributed by atoms with Crippen molar-refractivity contribution in [1.82, 2.24) is 19.7 Å². The summed E-state index contributed by atoms with van der Waals surface area (Å²) in [6.07, 6.45) is 9.01. The van der Waals surface area contributed by atoms with Crippen LogP contribution in [0.15, 0.2) is 42.1 Å². The van der Waals surface area contributed by atoms with Gasteiger partial charge in [-0.15, -0.1) is 16.8 Å². The van der Waals surface area contributed by atoms with Crippen molar-refractivity contribution >= 4 is 17.7 Å². The number of thioether (sulfide) groups is 1. The monoisotopic (exact) mass is 396 g/mol. The van der Waals surface area contributed by atoms with Crippen LogP contribution in [0.5, 0.6) is 0 Å². The number of hydrogen-bond acceptors (Lipinski definition) is 4. The molecule has 28 heavy (non-hydrogen) atoms. The van der Waals surface area contributed by atoms with Crippen molar-refractivity contribution in [3.8, 4) is 11.4 Å². The summed E-state index contributed by atoms with van der Waals surface area (Å²) in [5, 5.41) is 9.58. The van der Waals surface area contributed by atoms with E-state index in [1.54, 1.807) is 0 Å². The van der Waals surface area contributed by atoms with E-state index in [0.29, 0.717) is 24.4 Å². The summed E-state index contributed by atoms with van der Waals surface area (Å²) in [5.74, 6) is 1.51. The Kier molecular flexibility index (Phi) is 5.85. The fourth-order valence-corrected chi connectivity index (χ4v) is 4.95. The zero-order valence-corrected chi connectivity index (χ0v) is 17.3. The van der Waals surface area contributed by atoms with Crippen LogP contribution in [0.2, 0.25) is 0 Å². The molecule has 1 heterocycles. The molecule has 1 aromatic heterocycles. The number of carbonyl (C=O) groups excluding carboxylic acids is 1. The smallest absolute Gasteiger partial charge is 0.233 e. The van der Waals surface area contributed by atoms with Crippen LogP contribution in [0.4, 0.5) is 0 Å². The average Bonchev–Trinajstić information content (AvgIpc) is 3.21. The Morgan fingerprint density at radius 1 is 1.25 bits per heavy atom. The van der Waals surface area contributed by atoms with Crippen molar-refractivity contribution in [2.45, 2.75) is 69.2 Å². The highest BCUT2D eigenvalue weighted by molar-refractivity contribution is 7.99. The van der Waals surface area contributed by atoms with Crippen LogP contribution in [0.25, 0.3) is 11.4 Å². The number of rotatable bonds is 8. The van der Waals surface area contributed by atoms with Gasteiger partial charge in [0.25, 0.3) is 0 Å². The fraction of sp³-hybridized carbons (Fsp3) is 0.500. The van der Waals surface area contributed by atoms with E-state index in [-0.39, 0.29) is 5.91 Å². The molecular formula is C22H28N4OS. The Bertz CT molecular complexity index is 852. The van der Waals surface area contributed by atoms with E-state index in [9.17, 15) is 4.79 Å². The minimum Gasteiger partial charge on any atom is -0.336 e. The van der Waals surface area contributed by atoms with Gasteiger partial charge in [0.15, 0.2) is 11.0 Å². The van der Waals surface area contributed by atoms with E-state index in [1.807, 2.05) is 18.2 Å². The molecule has 0 radical (unpaired) electrons. The molecule has 0 spiro atoms. The molecule has 2 aliphatic rings. The van der Waals surface area contributed by atoms with Gasteiger partial charge in [-0.2, -0.15) is 0 Å². The van der Waals surface area contributed by atoms with Crippen LogP contribution in [0.3, 0.4) is 0 Å².